The molecule has 2 aromatic rings. The number of rotatable bonds is 7. The fourth-order valence-corrected chi connectivity index (χ4v) is 4.47. The molecule has 156 valence electrons. The number of hydrogen-bond acceptors (Lipinski definition) is 7. The SMILES string of the molecule is CCOc1c(I)cc(/C=C2\SC(=O)N(Cc3cccc([N+](=O)[O-])c3)C2=O)cc1OC. The third-order valence-electron chi connectivity index (χ3n) is 4.17. The number of nitrogens with zero attached hydrogens (tertiary/aromatic N) is 2. The van der Waals surface area contributed by atoms with Crippen molar-refractivity contribution in [2.24, 2.45) is 0 Å². The molecule has 0 N–H and O–H groups in total. The zero-order chi connectivity index (χ0) is 21.8. The summed E-state index contributed by atoms with van der Waals surface area (Å²) in [5, 5.41) is 10.5. The summed E-state index contributed by atoms with van der Waals surface area (Å²) >= 11 is 2.95. The Morgan fingerprint density at radius 2 is 2.03 bits per heavy atom. The molecular formula is C20H17IN2O6S. The predicted octanol–water partition coefficient (Wildman–Crippen LogP) is 4.84. The fourth-order valence-electron chi connectivity index (χ4n) is 2.85. The van der Waals surface area contributed by atoms with E-state index in [0.717, 1.165) is 20.2 Å². The van der Waals surface area contributed by atoms with Crippen LogP contribution in [0.3, 0.4) is 0 Å². The minimum atomic E-state index is -0.516. The summed E-state index contributed by atoms with van der Waals surface area (Å²) in [5.74, 6) is 0.710. The lowest BCUT2D eigenvalue weighted by atomic mass is 10.1. The zero-order valence-corrected chi connectivity index (χ0v) is 19.1. The topological polar surface area (TPSA) is 99.0 Å². The molecule has 0 saturated carbocycles. The van der Waals surface area contributed by atoms with Gasteiger partial charge in [-0.15, -0.1) is 0 Å². The van der Waals surface area contributed by atoms with Crippen molar-refractivity contribution in [2.75, 3.05) is 13.7 Å². The number of amides is 2. The summed E-state index contributed by atoms with van der Waals surface area (Å²) in [6.45, 7) is 2.33. The maximum absolute atomic E-state index is 12.8. The number of carbonyl (C=O) groups is 2. The highest BCUT2D eigenvalue weighted by Gasteiger charge is 2.35. The van der Waals surface area contributed by atoms with Crippen LogP contribution < -0.4 is 9.47 Å². The standard InChI is InChI=1S/C20H17IN2O6S/c1-3-29-18-15(21)8-13(9-16(18)28-2)10-17-19(24)22(20(25)30-17)11-12-5-4-6-14(7-12)23(26)27/h4-10H,3,11H2,1-2H3/b17-10-. The summed E-state index contributed by atoms with van der Waals surface area (Å²) in [4.78, 5) is 36.9. The van der Waals surface area contributed by atoms with E-state index in [4.69, 9.17) is 9.47 Å². The highest BCUT2D eigenvalue weighted by molar-refractivity contribution is 14.1. The van der Waals surface area contributed by atoms with E-state index < -0.39 is 16.1 Å². The second kappa shape index (κ2) is 9.47. The minimum absolute atomic E-state index is 0.0339. The molecule has 0 unspecified atom stereocenters. The van der Waals surface area contributed by atoms with Crippen LogP contribution in [0, 0.1) is 13.7 Å². The third kappa shape index (κ3) is 4.75. The molecule has 30 heavy (non-hydrogen) atoms. The molecule has 0 radical (unpaired) electrons. The Morgan fingerprint density at radius 1 is 1.27 bits per heavy atom. The van der Waals surface area contributed by atoms with Crippen molar-refractivity contribution in [1.29, 1.82) is 0 Å². The van der Waals surface area contributed by atoms with Gasteiger partial charge in [-0.2, -0.15) is 0 Å². The quantitative estimate of drug-likeness (QED) is 0.215. The van der Waals surface area contributed by atoms with Gasteiger partial charge in [-0.25, -0.2) is 0 Å². The van der Waals surface area contributed by atoms with Gasteiger partial charge in [-0.1, -0.05) is 12.1 Å². The first kappa shape index (κ1) is 22.1. The number of nitro benzene ring substituents is 1. The molecule has 8 nitrogen and oxygen atoms in total. The second-order valence-electron chi connectivity index (χ2n) is 6.16. The Bertz CT molecular complexity index is 1060. The van der Waals surface area contributed by atoms with E-state index in [1.54, 1.807) is 18.2 Å². The van der Waals surface area contributed by atoms with Gasteiger partial charge in [0.2, 0.25) is 0 Å². The van der Waals surface area contributed by atoms with Crippen molar-refractivity contribution in [3.8, 4) is 11.5 Å². The number of ether oxygens (including phenoxy) is 2. The lowest BCUT2D eigenvalue weighted by molar-refractivity contribution is -0.384. The number of thioether (sulfide) groups is 1. The molecule has 1 aliphatic heterocycles. The van der Waals surface area contributed by atoms with Crippen LogP contribution in [0.2, 0.25) is 0 Å². The number of benzene rings is 2. The van der Waals surface area contributed by atoms with Crippen molar-refractivity contribution in [3.05, 3.63) is 66.1 Å². The summed E-state index contributed by atoms with van der Waals surface area (Å²) in [7, 11) is 1.53. The molecule has 1 fully saturated rings. The molecule has 10 heteroatoms. The normalized spacial score (nSPS) is 15.0. The molecule has 3 rings (SSSR count). The number of nitro groups is 1. The first-order valence-electron chi connectivity index (χ1n) is 8.83. The van der Waals surface area contributed by atoms with Gasteiger partial charge >= 0.3 is 0 Å². The Morgan fingerprint density at radius 3 is 2.70 bits per heavy atom. The van der Waals surface area contributed by atoms with Crippen molar-refractivity contribution in [1.82, 2.24) is 4.90 Å². The zero-order valence-electron chi connectivity index (χ0n) is 16.1. The van der Waals surface area contributed by atoms with E-state index in [1.807, 2.05) is 13.0 Å². The van der Waals surface area contributed by atoms with Crippen molar-refractivity contribution >= 4 is 57.3 Å². The van der Waals surface area contributed by atoms with Crippen LogP contribution in [0.4, 0.5) is 10.5 Å². The van der Waals surface area contributed by atoms with E-state index in [-0.39, 0.29) is 17.1 Å². The average molecular weight is 540 g/mol. The van der Waals surface area contributed by atoms with E-state index in [9.17, 15) is 19.7 Å². The highest BCUT2D eigenvalue weighted by Crippen LogP contribution is 2.37. The van der Waals surface area contributed by atoms with Crippen LogP contribution in [0.15, 0.2) is 41.3 Å². The van der Waals surface area contributed by atoms with E-state index in [0.29, 0.717) is 29.2 Å². The van der Waals surface area contributed by atoms with Gasteiger partial charge in [0.1, 0.15) is 0 Å². The van der Waals surface area contributed by atoms with Gasteiger partial charge in [0.25, 0.3) is 16.8 Å². The van der Waals surface area contributed by atoms with Crippen LogP contribution in [0.5, 0.6) is 11.5 Å². The number of methoxy groups -OCH3 is 1. The van der Waals surface area contributed by atoms with Gasteiger partial charge in [0, 0.05) is 12.1 Å². The summed E-state index contributed by atoms with van der Waals surface area (Å²) in [6, 6.07) is 9.45. The highest BCUT2D eigenvalue weighted by atomic mass is 127. The van der Waals surface area contributed by atoms with Crippen LogP contribution in [-0.4, -0.2) is 34.7 Å². The molecule has 1 saturated heterocycles. The van der Waals surface area contributed by atoms with Crippen LogP contribution >= 0.6 is 34.4 Å². The molecule has 0 bridgehead atoms. The number of non-ortho nitro benzene ring substituents is 1. The van der Waals surface area contributed by atoms with Crippen molar-refractivity contribution < 1.29 is 24.0 Å². The van der Waals surface area contributed by atoms with E-state index in [2.05, 4.69) is 22.6 Å². The predicted molar refractivity (Wildman–Crippen MR) is 121 cm³/mol. The first-order valence-corrected chi connectivity index (χ1v) is 10.7. The Kier molecular flexibility index (Phi) is 6.98. The molecular weight excluding hydrogens is 523 g/mol. The molecule has 1 aliphatic rings. The van der Waals surface area contributed by atoms with Gasteiger partial charge in [0.15, 0.2) is 11.5 Å². The summed E-state index contributed by atoms with van der Waals surface area (Å²) < 4.78 is 11.8. The number of imide groups is 1. The van der Waals surface area contributed by atoms with Gasteiger partial charge in [-0.05, 0) is 70.6 Å². The third-order valence-corrected chi connectivity index (χ3v) is 5.88. The van der Waals surface area contributed by atoms with E-state index in [1.165, 1.54) is 25.3 Å². The summed E-state index contributed by atoms with van der Waals surface area (Å²) in [5.41, 5.74) is 1.11. The van der Waals surface area contributed by atoms with E-state index >= 15 is 0 Å². The number of halogens is 1. The van der Waals surface area contributed by atoms with Crippen molar-refractivity contribution in [3.63, 3.8) is 0 Å². The van der Waals surface area contributed by atoms with Gasteiger partial charge < -0.3 is 9.47 Å². The number of carbonyl (C=O) groups excluding carboxylic acids is 2. The fraction of sp³-hybridized carbons (Fsp3) is 0.200. The molecule has 0 spiro atoms. The van der Waals surface area contributed by atoms with Crippen LogP contribution in [0.25, 0.3) is 6.08 Å². The van der Waals surface area contributed by atoms with Crippen LogP contribution in [-0.2, 0) is 11.3 Å². The lowest BCUT2D eigenvalue weighted by Gasteiger charge is -2.13. The minimum Gasteiger partial charge on any atom is -0.493 e. The Labute approximate surface area is 190 Å². The molecule has 2 aromatic carbocycles. The summed E-state index contributed by atoms with van der Waals surface area (Å²) in [6.07, 6.45) is 1.62. The second-order valence-corrected chi connectivity index (χ2v) is 8.32. The van der Waals surface area contributed by atoms with Gasteiger partial charge in [-0.3, -0.25) is 24.6 Å². The maximum Gasteiger partial charge on any atom is 0.293 e. The average Bonchev–Trinajstić information content (AvgIpc) is 2.97. The largest absolute Gasteiger partial charge is 0.493 e. The van der Waals surface area contributed by atoms with Crippen LogP contribution in [0.1, 0.15) is 18.1 Å². The Hall–Kier alpha value is -2.60. The monoisotopic (exact) mass is 540 g/mol. The maximum atomic E-state index is 12.8. The first-order chi connectivity index (χ1) is 14.3. The molecule has 0 aromatic heterocycles. The van der Waals surface area contributed by atoms with Gasteiger partial charge in [0.05, 0.1) is 33.7 Å². The Balaban J connectivity index is 1.85. The molecule has 1 heterocycles. The number of hydrogen-bond donors (Lipinski definition) is 0. The van der Waals surface area contributed by atoms with Crippen molar-refractivity contribution in [2.45, 2.75) is 13.5 Å². The molecule has 0 aliphatic carbocycles. The smallest absolute Gasteiger partial charge is 0.293 e. The molecule has 2 amide bonds. The molecule has 0 atom stereocenters. The lowest BCUT2D eigenvalue weighted by Crippen LogP contribution is -2.27.